The molecule has 11 heteroatoms. The summed E-state index contributed by atoms with van der Waals surface area (Å²) in [6.45, 7) is 4.27. The van der Waals surface area contributed by atoms with Gasteiger partial charge in [0.05, 0.1) is 44.2 Å². The van der Waals surface area contributed by atoms with Crippen molar-refractivity contribution in [3.63, 3.8) is 0 Å². The van der Waals surface area contributed by atoms with Crippen LogP contribution in [0.4, 0.5) is 11.4 Å². The van der Waals surface area contributed by atoms with Gasteiger partial charge in [-0.15, -0.1) is 11.3 Å². The number of nitro groups is 1. The predicted octanol–water partition coefficient (Wildman–Crippen LogP) is 7.40. The Hall–Kier alpha value is -3.66. The van der Waals surface area contributed by atoms with Gasteiger partial charge < -0.3 is 9.47 Å². The predicted molar refractivity (Wildman–Crippen MR) is 146 cm³/mol. The topological polar surface area (TPSA) is 91.2 Å². The van der Waals surface area contributed by atoms with E-state index in [1.807, 2.05) is 35.7 Å². The summed E-state index contributed by atoms with van der Waals surface area (Å²) in [5, 5.41) is 19.1. The van der Waals surface area contributed by atoms with Crippen LogP contribution in [0.15, 0.2) is 70.1 Å². The van der Waals surface area contributed by atoms with Crippen LogP contribution in [0.1, 0.15) is 30.9 Å². The molecule has 188 valence electrons. The summed E-state index contributed by atoms with van der Waals surface area (Å²) in [6.07, 6.45) is 1.41. The first kappa shape index (κ1) is 25.0. The first-order valence-electron chi connectivity index (χ1n) is 11.2. The van der Waals surface area contributed by atoms with Crippen molar-refractivity contribution in [2.45, 2.75) is 19.8 Å². The first-order valence-corrected chi connectivity index (χ1v) is 12.9. The molecule has 37 heavy (non-hydrogen) atoms. The second kappa shape index (κ2) is 10.4. The minimum Gasteiger partial charge on any atom is -0.454 e. The Morgan fingerprint density at radius 3 is 2.46 bits per heavy atom. The Kier molecular flexibility index (Phi) is 7.01. The van der Waals surface area contributed by atoms with E-state index in [2.05, 4.69) is 18.9 Å². The summed E-state index contributed by atoms with van der Waals surface area (Å²) in [6, 6.07) is 16.1. The Labute approximate surface area is 226 Å². The quantitative estimate of drug-likeness (QED) is 0.141. The summed E-state index contributed by atoms with van der Waals surface area (Å²) in [7, 11) is 0. The lowest BCUT2D eigenvalue weighted by atomic mass is 10.0. The van der Waals surface area contributed by atoms with E-state index in [9.17, 15) is 10.1 Å². The molecule has 0 amide bonds. The van der Waals surface area contributed by atoms with Gasteiger partial charge in [0.25, 0.3) is 5.69 Å². The summed E-state index contributed by atoms with van der Waals surface area (Å²) in [4.78, 5) is 16.6. The molecule has 0 radical (unpaired) electrons. The molecule has 0 bridgehead atoms. The molecule has 0 N–H and O–H groups in total. The average molecular weight is 555 g/mol. The van der Waals surface area contributed by atoms with E-state index in [0.29, 0.717) is 38.0 Å². The van der Waals surface area contributed by atoms with Crippen molar-refractivity contribution in [3.8, 4) is 22.8 Å². The standard InChI is InChI=1S/C26H20Cl2N4O4S/c1-15(2)16-3-6-19(7-4-16)30-26-31(23(13-37-26)17-5-8-20(27)21(28)9-17)29-12-18-10-24-25(36-14-35-24)11-22(18)32(33)34/h3-13,15H,14H2,1-2H3. The van der Waals surface area contributed by atoms with Crippen molar-refractivity contribution in [2.75, 3.05) is 6.79 Å². The van der Waals surface area contributed by atoms with Gasteiger partial charge in [-0.1, -0.05) is 55.2 Å². The van der Waals surface area contributed by atoms with Gasteiger partial charge in [0.1, 0.15) is 0 Å². The fraction of sp³-hybridized carbons (Fsp3) is 0.154. The van der Waals surface area contributed by atoms with Crippen LogP contribution in [0, 0.1) is 10.1 Å². The molecule has 0 fully saturated rings. The number of halogens is 2. The molecule has 2 heterocycles. The number of fused-ring (bicyclic) bond motifs is 1. The minimum atomic E-state index is -0.483. The molecule has 1 aromatic heterocycles. The number of hydrogen-bond donors (Lipinski definition) is 0. The first-order chi connectivity index (χ1) is 17.8. The Bertz CT molecular complexity index is 1590. The average Bonchev–Trinajstić information content (AvgIpc) is 3.50. The van der Waals surface area contributed by atoms with Crippen LogP contribution in [0.3, 0.4) is 0 Å². The highest BCUT2D eigenvalue weighted by molar-refractivity contribution is 7.07. The van der Waals surface area contributed by atoms with Gasteiger partial charge in [-0.25, -0.2) is 9.67 Å². The molecule has 0 aliphatic carbocycles. The lowest BCUT2D eigenvalue weighted by molar-refractivity contribution is -0.385. The van der Waals surface area contributed by atoms with E-state index in [4.69, 9.17) is 37.7 Å². The summed E-state index contributed by atoms with van der Waals surface area (Å²) >= 11 is 13.8. The SMILES string of the molecule is CC(C)c1ccc(N=c2scc(-c3ccc(Cl)c(Cl)c3)n2N=Cc2cc3c(cc2[N+](=O)[O-])OCO3)cc1. The number of benzene rings is 3. The molecule has 8 nitrogen and oxygen atoms in total. The van der Waals surface area contributed by atoms with E-state index in [1.54, 1.807) is 16.8 Å². The van der Waals surface area contributed by atoms with Crippen LogP contribution in [0.5, 0.6) is 11.5 Å². The van der Waals surface area contributed by atoms with E-state index < -0.39 is 4.92 Å². The molecule has 0 saturated carbocycles. The van der Waals surface area contributed by atoms with Crippen LogP contribution in [-0.2, 0) is 0 Å². The lowest BCUT2D eigenvalue weighted by Crippen LogP contribution is -2.11. The summed E-state index contributed by atoms with van der Waals surface area (Å²) < 4.78 is 12.3. The third kappa shape index (κ3) is 5.24. The zero-order chi connectivity index (χ0) is 26.1. The van der Waals surface area contributed by atoms with E-state index in [1.165, 1.54) is 35.2 Å². The molecule has 0 saturated heterocycles. The maximum Gasteiger partial charge on any atom is 0.282 e. The minimum absolute atomic E-state index is 0.00641. The van der Waals surface area contributed by atoms with Crippen LogP contribution in [0.25, 0.3) is 11.3 Å². The van der Waals surface area contributed by atoms with Gasteiger partial charge >= 0.3 is 0 Å². The number of nitrogens with zero attached hydrogens (tertiary/aromatic N) is 4. The lowest BCUT2D eigenvalue weighted by Gasteiger charge is -2.06. The maximum atomic E-state index is 11.7. The second-order valence-electron chi connectivity index (χ2n) is 8.47. The molecule has 0 atom stereocenters. The van der Waals surface area contributed by atoms with Gasteiger partial charge in [0.2, 0.25) is 11.6 Å². The summed E-state index contributed by atoms with van der Waals surface area (Å²) in [5.74, 6) is 1.15. The Morgan fingerprint density at radius 2 is 1.78 bits per heavy atom. The Morgan fingerprint density at radius 1 is 1.05 bits per heavy atom. The monoisotopic (exact) mass is 554 g/mol. The number of hydrogen-bond acceptors (Lipinski definition) is 7. The zero-order valence-electron chi connectivity index (χ0n) is 19.7. The number of aromatic nitrogens is 1. The highest BCUT2D eigenvalue weighted by Gasteiger charge is 2.22. The van der Waals surface area contributed by atoms with Crippen molar-refractivity contribution in [2.24, 2.45) is 10.1 Å². The van der Waals surface area contributed by atoms with E-state index >= 15 is 0 Å². The normalized spacial score (nSPS) is 13.2. The number of thiazole rings is 1. The molecule has 0 unspecified atom stereocenters. The van der Waals surface area contributed by atoms with Gasteiger partial charge in [0, 0.05) is 10.9 Å². The molecule has 1 aliphatic rings. The van der Waals surface area contributed by atoms with Crippen molar-refractivity contribution in [1.82, 2.24) is 4.68 Å². The fourth-order valence-electron chi connectivity index (χ4n) is 3.72. The largest absolute Gasteiger partial charge is 0.454 e. The van der Waals surface area contributed by atoms with Gasteiger partial charge in [0.15, 0.2) is 11.5 Å². The second-order valence-corrected chi connectivity index (χ2v) is 10.1. The van der Waals surface area contributed by atoms with Crippen molar-refractivity contribution in [1.29, 1.82) is 0 Å². The highest BCUT2D eigenvalue weighted by Crippen LogP contribution is 2.37. The van der Waals surface area contributed by atoms with Crippen LogP contribution in [-0.4, -0.2) is 22.6 Å². The molecule has 0 spiro atoms. The van der Waals surface area contributed by atoms with E-state index in [0.717, 1.165) is 11.3 Å². The molecule has 3 aromatic carbocycles. The van der Waals surface area contributed by atoms with Crippen LogP contribution in [0.2, 0.25) is 10.0 Å². The van der Waals surface area contributed by atoms with Crippen LogP contribution >= 0.6 is 34.5 Å². The zero-order valence-corrected chi connectivity index (χ0v) is 22.0. The van der Waals surface area contributed by atoms with Gasteiger partial charge in [-0.3, -0.25) is 10.1 Å². The fourth-order valence-corrected chi connectivity index (χ4v) is 4.87. The molecular weight excluding hydrogens is 535 g/mol. The van der Waals surface area contributed by atoms with E-state index in [-0.39, 0.29) is 18.0 Å². The molecular formula is C26H20Cl2N4O4S. The third-order valence-electron chi connectivity index (χ3n) is 5.72. The number of ether oxygens (including phenoxy) is 2. The molecule has 5 rings (SSSR count). The Balaban J connectivity index is 1.64. The highest BCUT2D eigenvalue weighted by atomic mass is 35.5. The summed E-state index contributed by atoms with van der Waals surface area (Å²) in [5.41, 5.74) is 3.54. The maximum absolute atomic E-state index is 11.7. The van der Waals surface area contributed by atoms with Crippen LogP contribution < -0.4 is 14.3 Å². The van der Waals surface area contributed by atoms with Gasteiger partial charge in [-0.2, -0.15) is 5.10 Å². The smallest absolute Gasteiger partial charge is 0.282 e. The number of rotatable bonds is 6. The molecule has 1 aliphatic heterocycles. The molecule has 4 aromatic rings. The van der Waals surface area contributed by atoms with Crippen molar-refractivity contribution < 1.29 is 14.4 Å². The van der Waals surface area contributed by atoms with Crippen molar-refractivity contribution in [3.05, 3.63) is 96.1 Å². The van der Waals surface area contributed by atoms with Crippen molar-refractivity contribution >= 4 is 52.1 Å². The van der Waals surface area contributed by atoms with Gasteiger partial charge in [-0.05, 0) is 41.8 Å². The number of nitro benzene ring substituents is 1. The third-order valence-corrected chi connectivity index (χ3v) is 7.27.